The van der Waals surface area contributed by atoms with Gasteiger partial charge in [-0.15, -0.1) is 0 Å². The van der Waals surface area contributed by atoms with Crippen molar-refractivity contribution in [2.75, 3.05) is 13.1 Å². The van der Waals surface area contributed by atoms with Gasteiger partial charge in [-0.05, 0) is 23.9 Å². The number of hydrogen-bond donors (Lipinski definition) is 0. The predicted octanol–water partition coefficient (Wildman–Crippen LogP) is 3.05. The molecule has 110 valence electrons. The third-order valence-electron chi connectivity index (χ3n) is 4.17. The molecule has 2 bridgehead atoms. The molecule has 0 radical (unpaired) electrons. The normalized spacial score (nSPS) is 24.1. The number of hydroxylamine groups is 2. The molecule has 2 atom stereocenters. The van der Waals surface area contributed by atoms with E-state index >= 15 is 0 Å². The fourth-order valence-corrected chi connectivity index (χ4v) is 3.07. The lowest BCUT2D eigenvalue weighted by molar-refractivity contribution is -0.156. The van der Waals surface area contributed by atoms with Crippen molar-refractivity contribution in [3.8, 4) is 0 Å². The number of benzene rings is 1. The minimum absolute atomic E-state index is 0.245. The van der Waals surface area contributed by atoms with Crippen LogP contribution >= 0.6 is 0 Å². The molecular formula is C15H19N5O. The Morgan fingerprint density at radius 3 is 2.90 bits per heavy atom. The van der Waals surface area contributed by atoms with Gasteiger partial charge < -0.3 is 4.90 Å². The zero-order chi connectivity index (χ0) is 14.7. The van der Waals surface area contributed by atoms with Gasteiger partial charge in [0.1, 0.15) is 5.82 Å². The maximum absolute atomic E-state index is 8.48. The molecule has 21 heavy (non-hydrogen) atoms. The summed E-state index contributed by atoms with van der Waals surface area (Å²) >= 11 is 0. The summed E-state index contributed by atoms with van der Waals surface area (Å²) in [5.74, 6) is 0.881. The van der Waals surface area contributed by atoms with Crippen molar-refractivity contribution in [2.24, 2.45) is 5.11 Å². The van der Waals surface area contributed by atoms with Crippen LogP contribution < -0.4 is 0 Å². The maximum Gasteiger partial charge on any atom is 0.122 e. The first kappa shape index (κ1) is 13.8. The van der Waals surface area contributed by atoms with Gasteiger partial charge in [0, 0.05) is 24.0 Å². The van der Waals surface area contributed by atoms with Crippen LogP contribution in [-0.2, 0) is 11.4 Å². The predicted molar refractivity (Wildman–Crippen MR) is 79.7 cm³/mol. The van der Waals surface area contributed by atoms with E-state index in [0.717, 1.165) is 30.8 Å². The van der Waals surface area contributed by atoms with Gasteiger partial charge in [-0.3, -0.25) is 4.84 Å². The van der Waals surface area contributed by atoms with Crippen molar-refractivity contribution in [3.05, 3.63) is 58.7 Å². The molecule has 2 aliphatic heterocycles. The summed E-state index contributed by atoms with van der Waals surface area (Å²) in [6.07, 6.45) is 2.05. The van der Waals surface area contributed by atoms with Crippen LogP contribution in [0.2, 0.25) is 0 Å². The number of nitrogens with zero attached hydrogens (tertiary/aromatic N) is 5. The second-order valence-electron chi connectivity index (χ2n) is 5.45. The van der Waals surface area contributed by atoms with Crippen LogP contribution in [0.4, 0.5) is 0 Å². The van der Waals surface area contributed by atoms with E-state index < -0.39 is 0 Å². The minimum Gasteiger partial charge on any atom is -0.352 e. The summed E-state index contributed by atoms with van der Waals surface area (Å²) in [4.78, 5) is 11.0. The molecular weight excluding hydrogens is 266 g/mol. The van der Waals surface area contributed by atoms with Crippen molar-refractivity contribution in [3.63, 3.8) is 0 Å². The highest BCUT2D eigenvalue weighted by molar-refractivity contribution is 5.14. The number of fused-ring (bicyclic) bond motifs is 2. The van der Waals surface area contributed by atoms with Gasteiger partial charge in [0.15, 0.2) is 0 Å². The standard InChI is InChI=1S/C15H19N5O/c1-12-19-10-15(8-7-14(19)9-17-18-16)20(12)21-11-13-5-3-2-4-6-13/h2-6,14-15H,1,7-11H2/t14-,15-/m1/s1. The lowest BCUT2D eigenvalue weighted by Crippen LogP contribution is -2.39. The van der Waals surface area contributed by atoms with Crippen molar-refractivity contribution < 1.29 is 4.84 Å². The summed E-state index contributed by atoms with van der Waals surface area (Å²) in [6, 6.07) is 10.7. The van der Waals surface area contributed by atoms with Crippen LogP contribution in [0.15, 0.2) is 47.8 Å². The lowest BCUT2D eigenvalue weighted by atomic mass is 10.0. The monoisotopic (exact) mass is 285 g/mol. The summed E-state index contributed by atoms with van der Waals surface area (Å²) < 4.78 is 0. The highest BCUT2D eigenvalue weighted by atomic mass is 16.7. The van der Waals surface area contributed by atoms with Gasteiger partial charge in [-0.25, -0.2) is 5.06 Å². The van der Waals surface area contributed by atoms with E-state index in [1.54, 1.807) is 0 Å². The van der Waals surface area contributed by atoms with Gasteiger partial charge in [-0.2, -0.15) is 0 Å². The largest absolute Gasteiger partial charge is 0.352 e. The summed E-state index contributed by atoms with van der Waals surface area (Å²) in [7, 11) is 0. The minimum atomic E-state index is 0.245. The fraction of sp³-hybridized carbons (Fsp3) is 0.467. The topological polar surface area (TPSA) is 64.5 Å². The SMILES string of the molecule is C=C1N2C[C@@H](CC[C@@H]2CN=[N+]=[N-])N1OCc1ccccc1. The third kappa shape index (κ3) is 2.82. The molecule has 2 heterocycles. The van der Waals surface area contributed by atoms with Crippen molar-refractivity contribution in [1.82, 2.24) is 9.96 Å². The molecule has 0 spiro atoms. The number of azide groups is 1. The van der Waals surface area contributed by atoms with Crippen LogP contribution in [0.3, 0.4) is 0 Å². The Morgan fingerprint density at radius 1 is 1.33 bits per heavy atom. The Morgan fingerprint density at radius 2 is 2.14 bits per heavy atom. The van der Waals surface area contributed by atoms with E-state index in [-0.39, 0.29) is 6.04 Å². The second kappa shape index (κ2) is 6.08. The van der Waals surface area contributed by atoms with Gasteiger partial charge in [-0.1, -0.05) is 42.0 Å². The van der Waals surface area contributed by atoms with Crippen LogP contribution in [0.5, 0.6) is 0 Å². The van der Waals surface area contributed by atoms with E-state index in [4.69, 9.17) is 10.4 Å². The Bertz CT molecular complexity index is 554. The first-order valence-electron chi connectivity index (χ1n) is 7.22. The first-order valence-corrected chi connectivity index (χ1v) is 7.22. The molecule has 6 heteroatoms. The summed E-state index contributed by atoms with van der Waals surface area (Å²) in [6.45, 7) is 6.08. The average molecular weight is 285 g/mol. The quantitative estimate of drug-likeness (QED) is 0.474. The van der Waals surface area contributed by atoms with Crippen molar-refractivity contribution in [2.45, 2.75) is 31.5 Å². The van der Waals surface area contributed by atoms with E-state index in [0.29, 0.717) is 19.2 Å². The first-order chi connectivity index (χ1) is 10.3. The molecule has 0 aliphatic carbocycles. The van der Waals surface area contributed by atoms with Gasteiger partial charge >= 0.3 is 0 Å². The van der Waals surface area contributed by atoms with Crippen molar-refractivity contribution >= 4 is 0 Å². The zero-order valence-electron chi connectivity index (χ0n) is 11.9. The maximum atomic E-state index is 8.48. The number of hydrogen-bond acceptors (Lipinski definition) is 4. The van der Waals surface area contributed by atoms with Crippen LogP contribution in [0.25, 0.3) is 10.4 Å². The molecule has 2 saturated heterocycles. The molecule has 0 N–H and O–H groups in total. The van der Waals surface area contributed by atoms with Gasteiger partial charge in [0.25, 0.3) is 0 Å². The second-order valence-corrected chi connectivity index (χ2v) is 5.45. The molecule has 2 fully saturated rings. The Kier molecular flexibility index (Phi) is 3.99. The van der Waals surface area contributed by atoms with E-state index in [1.165, 1.54) is 0 Å². The molecule has 1 aromatic rings. The highest BCUT2D eigenvalue weighted by Gasteiger charge is 2.41. The molecule has 0 unspecified atom stereocenters. The van der Waals surface area contributed by atoms with Gasteiger partial charge in [0.05, 0.1) is 12.6 Å². The van der Waals surface area contributed by atoms with E-state index in [2.05, 4.69) is 33.6 Å². The third-order valence-corrected chi connectivity index (χ3v) is 4.17. The Hall–Kier alpha value is -2.17. The van der Waals surface area contributed by atoms with Crippen molar-refractivity contribution in [1.29, 1.82) is 0 Å². The van der Waals surface area contributed by atoms with Crippen LogP contribution in [-0.4, -0.2) is 35.1 Å². The molecule has 2 aliphatic rings. The molecule has 1 aromatic carbocycles. The zero-order valence-corrected chi connectivity index (χ0v) is 11.9. The molecule has 3 rings (SSSR count). The molecule has 0 saturated carbocycles. The molecule has 0 amide bonds. The Balaban J connectivity index is 1.63. The van der Waals surface area contributed by atoms with Gasteiger partial charge in [0.2, 0.25) is 0 Å². The van der Waals surface area contributed by atoms with Crippen LogP contribution in [0.1, 0.15) is 18.4 Å². The molecule has 6 nitrogen and oxygen atoms in total. The average Bonchev–Trinajstić information content (AvgIpc) is 2.78. The highest BCUT2D eigenvalue weighted by Crippen LogP contribution is 2.34. The number of piperidine rings is 1. The number of rotatable bonds is 5. The summed E-state index contributed by atoms with van der Waals surface area (Å²) in [5.41, 5.74) is 9.62. The van der Waals surface area contributed by atoms with E-state index in [9.17, 15) is 0 Å². The fourth-order valence-electron chi connectivity index (χ4n) is 3.07. The molecule has 0 aromatic heterocycles. The van der Waals surface area contributed by atoms with Crippen LogP contribution in [0, 0.1) is 0 Å². The lowest BCUT2D eigenvalue weighted by Gasteiger charge is -2.30. The Labute approximate surface area is 124 Å². The van der Waals surface area contributed by atoms with E-state index in [1.807, 2.05) is 23.3 Å². The summed E-state index contributed by atoms with van der Waals surface area (Å²) in [5, 5.41) is 5.64. The smallest absolute Gasteiger partial charge is 0.122 e.